The van der Waals surface area contributed by atoms with E-state index in [1.54, 1.807) is 6.07 Å². The number of nitrogens with zero attached hydrogens (tertiary/aromatic N) is 3. The van der Waals surface area contributed by atoms with Gasteiger partial charge in [-0.25, -0.2) is 18.7 Å². The van der Waals surface area contributed by atoms with Crippen molar-refractivity contribution in [3.63, 3.8) is 0 Å². The molecule has 0 radical (unpaired) electrons. The maximum Gasteiger partial charge on any atom is 0.238 e. The summed E-state index contributed by atoms with van der Waals surface area (Å²) in [6.45, 7) is 2.07. The van der Waals surface area contributed by atoms with Crippen molar-refractivity contribution in [2.45, 2.75) is 18.2 Å². The Hall–Kier alpha value is -2.58. The van der Waals surface area contributed by atoms with Gasteiger partial charge in [0.05, 0.1) is 4.90 Å². The second kappa shape index (κ2) is 5.90. The van der Waals surface area contributed by atoms with Gasteiger partial charge in [0.25, 0.3) is 0 Å². The zero-order valence-electron chi connectivity index (χ0n) is 12.4. The summed E-state index contributed by atoms with van der Waals surface area (Å²) in [5.41, 5.74) is 3.11. The van der Waals surface area contributed by atoms with Crippen molar-refractivity contribution in [2.24, 2.45) is 5.14 Å². The molecule has 0 saturated heterocycles. The summed E-state index contributed by atoms with van der Waals surface area (Å²) in [5.74, 6) is 0.254. The van der Waals surface area contributed by atoms with E-state index >= 15 is 0 Å². The number of sulfonamides is 1. The molecule has 0 unspecified atom stereocenters. The Morgan fingerprint density at radius 3 is 2.43 bits per heavy atom. The van der Waals surface area contributed by atoms with Gasteiger partial charge in [0.15, 0.2) is 5.82 Å². The van der Waals surface area contributed by atoms with E-state index in [9.17, 15) is 8.42 Å². The van der Waals surface area contributed by atoms with Gasteiger partial charge in [0.1, 0.15) is 0 Å². The number of primary sulfonamides is 1. The predicted octanol–water partition coefficient (Wildman–Crippen LogP) is 1.74. The van der Waals surface area contributed by atoms with Crippen molar-refractivity contribution < 1.29 is 8.42 Å². The van der Waals surface area contributed by atoms with Gasteiger partial charge in [0, 0.05) is 5.56 Å². The summed E-state index contributed by atoms with van der Waals surface area (Å²) in [6, 6.07) is 12.8. The maximum absolute atomic E-state index is 11.9. The molecule has 0 bridgehead atoms. The molecule has 3 N–H and O–H groups in total. The van der Waals surface area contributed by atoms with Crippen LogP contribution >= 0.6 is 0 Å². The summed E-state index contributed by atoms with van der Waals surface area (Å²) >= 11 is 0. The molecule has 8 heteroatoms. The lowest BCUT2D eigenvalue weighted by Gasteiger charge is -2.12. The molecular weight excluding hydrogens is 314 g/mol. The molecule has 3 aromatic rings. The van der Waals surface area contributed by atoms with Crippen molar-refractivity contribution in [3.05, 3.63) is 48.0 Å². The maximum atomic E-state index is 11.9. The Morgan fingerprint density at radius 2 is 1.87 bits per heavy atom. The SMILES string of the molecule is CCc1ccc(-c2cccc(S(N)(=O)=O)c2-c2nnn[nH]2)cc1. The molecule has 2 aromatic carbocycles. The lowest BCUT2D eigenvalue weighted by atomic mass is 9.98. The molecule has 0 aliphatic heterocycles. The average Bonchev–Trinajstić information content (AvgIpc) is 3.07. The summed E-state index contributed by atoms with van der Waals surface area (Å²) in [6.07, 6.45) is 0.927. The van der Waals surface area contributed by atoms with Crippen LogP contribution in [0, 0.1) is 0 Å². The normalized spacial score (nSPS) is 11.6. The Balaban J connectivity index is 2.28. The molecule has 7 nitrogen and oxygen atoms in total. The second-order valence-corrected chi connectivity index (χ2v) is 6.55. The van der Waals surface area contributed by atoms with Gasteiger partial charge < -0.3 is 0 Å². The topological polar surface area (TPSA) is 115 Å². The van der Waals surface area contributed by atoms with Crippen LogP contribution < -0.4 is 5.14 Å². The fraction of sp³-hybridized carbons (Fsp3) is 0.133. The largest absolute Gasteiger partial charge is 0.239 e. The molecular formula is C15H15N5O2S. The van der Waals surface area contributed by atoms with Crippen LogP contribution in [-0.2, 0) is 16.4 Å². The van der Waals surface area contributed by atoms with Crippen molar-refractivity contribution in [3.8, 4) is 22.5 Å². The van der Waals surface area contributed by atoms with Crippen LogP contribution in [0.4, 0.5) is 0 Å². The highest BCUT2D eigenvalue weighted by Gasteiger charge is 2.21. The van der Waals surface area contributed by atoms with Crippen molar-refractivity contribution in [1.29, 1.82) is 0 Å². The van der Waals surface area contributed by atoms with Crippen molar-refractivity contribution in [2.75, 3.05) is 0 Å². The van der Waals surface area contributed by atoms with E-state index in [1.165, 1.54) is 11.6 Å². The molecule has 0 atom stereocenters. The molecule has 0 aliphatic carbocycles. The summed E-state index contributed by atoms with van der Waals surface area (Å²) in [5, 5.41) is 18.9. The van der Waals surface area contributed by atoms with E-state index in [0.717, 1.165) is 12.0 Å². The standard InChI is InChI=1S/C15H15N5O2S/c1-2-10-6-8-11(9-7-10)12-4-3-5-13(23(16,21)22)14(12)15-17-19-20-18-15/h3-9H,2H2,1H3,(H2,16,21,22)(H,17,18,19,20). The van der Waals surface area contributed by atoms with Crippen LogP contribution in [0.3, 0.4) is 0 Å². The number of tetrazole rings is 1. The zero-order chi connectivity index (χ0) is 16.4. The predicted molar refractivity (Wildman–Crippen MR) is 85.8 cm³/mol. The highest BCUT2D eigenvalue weighted by molar-refractivity contribution is 7.89. The molecule has 118 valence electrons. The van der Waals surface area contributed by atoms with Gasteiger partial charge in [-0.15, -0.1) is 5.10 Å². The zero-order valence-corrected chi connectivity index (χ0v) is 13.2. The Kier molecular flexibility index (Phi) is 3.93. The molecule has 0 spiro atoms. The minimum absolute atomic E-state index is 0.0203. The Morgan fingerprint density at radius 1 is 1.13 bits per heavy atom. The number of benzene rings is 2. The van der Waals surface area contributed by atoms with Gasteiger partial charge in [0.2, 0.25) is 10.0 Å². The number of nitrogens with two attached hydrogens (primary N) is 1. The van der Waals surface area contributed by atoms with Gasteiger partial charge >= 0.3 is 0 Å². The number of nitrogens with one attached hydrogen (secondary N) is 1. The number of aryl methyl sites for hydroxylation is 1. The molecule has 0 saturated carbocycles. The number of rotatable bonds is 4. The van der Waals surface area contributed by atoms with Crippen LogP contribution in [0.5, 0.6) is 0 Å². The molecule has 1 aromatic heterocycles. The summed E-state index contributed by atoms with van der Waals surface area (Å²) in [4.78, 5) is -0.0203. The first-order valence-electron chi connectivity index (χ1n) is 7.00. The average molecular weight is 329 g/mol. The van der Waals surface area contributed by atoms with Crippen LogP contribution in [0.1, 0.15) is 12.5 Å². The van der Waals surface area contributed by atoms with E-state index in [2.05, 4.69) is 27.5 Å². The fourth-order valence-corrected chi connectivity index (χ4v) is 3.20. The van der Waals surface area contributed by atoms with Crippen molar-refractivity contribution in [1.82, 2.24) is 20.6 Å². The fourth-order valence-electron chi connectivity index (χ4n) is 2.44. The van der Waals surface area contributed by atoms with Gasteiger partial charge in [-0.3, -0.25) is 0 Å². The Labute approximate surface area is 133 Å². The first-order valence-corrected chi connectivity index (χ1v) is 8.54. The quantitative estimate of drug-likeness (QED) is 0.756. The van der Waals surface area contributed by atoms with Crippen LogP contribution in [0.2, 0.25) is 0 Å². The smallest absolute Gasteiger partial charge is 0.238 e. The van der Waals surface area contributed by atoms with E-state index in [0.29, 0.717) is 11.1 Å². The molecule has 1 heterocycles. The number of hydrogen-bond acceptors (Lipinski definition) is 5. The lowest BCUT2D eigenvalue weighted by Crippen LogP contribution is -2.14. The third-order valence-corrected chi connectivity index (χ3v) is 4.54. The molecule has 3 rings (SSSR count). The Bertz CT molecular complexity index is 919. The lowest BCUT2D eigenvalue weighted by molar-refractivity contribution is 0.598. The van der Waals surface area contributed by atoms with Gasteiger partial charge in [-0.05, 0) is 39.6 Å². The highest BCUT2D eigenvalue weighted by atomic mass is 32.2. The van der Waals surface area contributed by atoms with E-state index in [1.807, 2.05) is 30.3 Å². The van der Waals surface area contributed by atoms with Gasteiger partial charge in [-0.2, -0.15) is 0 Å². The van der Waals surface area contributed by atoms with E-state index < -0.39 is 10.0 Å². The monoisotopic (exact) mass is 329 g/mol. The number of H-pyrrole nitrogens is 1. The van der Waals surface area contributed by atoms with E-state index in [4.69, 9.17) is 5.14 Å². The van der Waals surface area contributed by atoms with Crippen LogP contribution in [0.25, 0.3) is 22.5 Å². The molecule has 0 aliphatic rings. The van der Waals surface area contributed by atoms with E-state index in [-0.39, 0.29) is 10.7 Å². The summed E-state index contributed by atoms with van der Waals surface area (Å²) in [7, 11) is -3.92. The van der Waals surface area contributed by atoms with Crippen molar-refractivity contribution >= 4 is 10.0 Å². The third-order valence-electron chi connectivity index (χ3n) is 3.59. The number of aromatic nitrogens is 4. The summed E-state index contributed by atoms with van der Waals surface area (Å²) < 4.78 is 23.9. The van der Waals surface area contributed by atoms with Crippen LogP contribution in [-0.4, -0.2) is 29.0 Å². The minimum atomic E-state index is -3.92. The molecule has 0 fully saturated rings. The molecule has 0 amide bonds. The number of hydrogen-bond donors (Lipinski definition) is 2. The highest BCUT2D eigenvalue weighted by Crippen LogP contribution is 2.34. The minimum Gasteiger partial charge on any atom is -0.239 e. The number of aromatic amines is 1. The first kappa shape index (κ1) is 15.3. The third kappa shape index (κ3) is 2.99. The van der Waals surface area contributed by atoms with Gasteiger partial charge in [-0.1, -0.05) is 43.3 Å². The first-order chi connectivity index (χ1) is 11.0. The second-order valence-electron chi connectivity index (χ2n) is 5.02. The van der Waals surface area contributed by atoms with Crippen LogP contribution in [0.15, 0.2) is 47.4 Å². The molecule has 23 heavy (non-hydrogen) atoms.